The number of aromatic carboxylic acids is 1. The molecule has 0 aliphatic carbocycles. The van der Waals surface area contributed by atoms with Crippen LogP contribution in [0.1, 0.15) is 10.4 Å². The number of nitrogens with one attached hydrogen (secondary N) is 1. The molecule has 0 heterocycles. The molecule has 0 saturated carbocycles. The first-order chi connectivity index (χ1) is 8.88. The lowest BCUT2D eigenvalue weighted by Crippen LogP contribution is -2.18. The number of hydrogen-bond donors (Lipinski definition) is 2. The van der Waals surface area contributed by atoms with Gasteiger partial charge in [0, 0.05) is 0 Å². The summed E-state index contributed by atoms with van der Waals surface area (Å²) in [7, 11) is 0. The van der Waals surface area contributed by atoms with Crippen molar-refractivity contribution in [1.82, 2.24) is 0 Å². The van der Waals surface area contributed by atoms with Crippen molar-refractivity contribution in [2.75, 3.05) is 11.9 Å². The molecule has 0 unspecified atom stereocenters. The normalized spacial score (nSPS) is 9.84. The molecule has 19 heavy (non-hydrogen) atoms. The molecule has 5 nitrogen and oxygen atoms in total. The minimum absolute atomic E-state index is 0.223. The number of benzene rings is 1. The number of carbonyl (C=O) groups is 2. The summed E-state index contributed by atoms with van der Waals surface area (Å²) < 4.78 is 43.7. The van der Waals surface area contributed by atoms with Gasteiger partial charge in [0.1, 0.15) is 6.61 Å². The molecular weight excluding hydrogens is 267 g/mol. The lowest BCUT2D eigenvalue weighted by molar-refractivity contribution is 0.0696. The Morgan fingerprint density at radius 2 is 2.00 bits per heavy atom. The molecule has 0 saturated heterocycles. The maximum atomic E-state index is 13.4. The van der Waals surface area contributed by atoms with Crippen LogP contribution in [-0.4, -0.2) is 23.8 Å². The zero-order valence-corrected chi connectivity index (χ0v) is 9.37. The minimum Gasteiger partial charge on any atom is -0.478 e. The molecule has 0 fully saturated rings. The highest BCUT2D eigenvalue weighted by atomic mass is 19.2. The molecule has 1 rings (SSSR count). The van der Waals surface area contributed by atoms with E-state index in [1.165, 1.54) is 6.08 Å². The van der Waals surface area contributed by atoms with Crippen molar-refractivity contribution < 1.29 is 32.6 Å². The highest BCUT2D eigenvalue weighted by Gasteiger charge is 2.24. The molecule has 0 spiro atoms. The van der Waals surface area contributed by atoms with E-state index in [1.807, 2.05) is 0 Å². The summed E-state index contributed by atoms with van der Waals surface area (Å²) in [5, 5.41) is 10.4. The van der Waals surface area contributed by atoms with E-state index in [4.69, 9.17) is 5.11 Å². The average Bonchev–Trinajstić information content (AvgIpc) is 2.36. The maximum absolute atomic E-state index is 13.4. The van der Waals surface area contributed by atoms with Gasteiger partial charge in [0.25, 0.3) is 0 Å². The Balaban J connectivity index is 3.17. The maximum Gasteiger partial charge on any atom is 0.412 e. The average molecular weight is 275 g/mol. The van der Waals surface area contributed by atoms with Gasteiger partial charge in [0.2, 0.25) is 0 Å². The van der Waals surface area contributed by atoms with Crippen molar-refractivity contribution in [2.24, 2.45) is 0 Å². The van der Waals surface area contributed by atoms with Crippen LogP contribution in [0.3, 0.4) is 0 Å². The molecule has 8 heteroatoms. The second-order valence-corrected chi connectivity index (χ2v) is 3.23. The summed E-state index contributed by atoms with van der Waals surface area (Å²) in [5.41, 5.74) is -1.95. The summed E-state index contributed by atoms with van der Waals surface area (Å²) in [6, 6.07) is 0.254. The Labute approximate surface area is 105 Å². The molecule has 2 N–H and O–H groups in total. The third-order valence-electron chi connectivity index (χ3n) is 1.95. The minimum atomic E-state index is -1.90. The first kappa shape index (κ1) is 14.6. The summed E-state index contributed by atoms with van der Waals surface area (Å²) >= 11 is 0. The predicted octanol–water partition coefficient (Wildman–Crippen LogP) is 2.54. The molecule has 1 aromatic carbocycles. The molecule has 102 valence electrons. The Bertz CT molecular complexity index is 545. The highest BCUT2D eigenvalue weighted by molar-refractivity contribution is 5.99. The number of anilines is 1. The Hall–Kier alpha value is -2.51. The van der Waals surface area contributed by atoms with E-state index in [-0.39, 0.29) is 12.7 Å². The zero-order chi connectivity index (χ0) is 14.6. The molecule has 0 radical (unpaired) electrons. The van der Waals surface area contributed by atoms with Gasteiger partial charge in [-0.2, -0.15) is 0 Å². The SMILES string of the molecule is C=CCOC(=O)Nc1c(C(=O)O)cc(F)c(F)c1F. The van der Waals surface area contributed by atoms with Crippen LogP contribution in [0.2, 0.25) is 0 Å². The largest absolute Gasteiger partial charge is 0.478 e. The number of halogens is 3. The fourth-order valence-electron chi connectivity index (χ4n) is 1.16. The van der Waals surface area contributed by atoms with Gasteiger partial charge in [-0.15, -0.1) is 0 Å². The van der Waals surface area contributed by atoms with Crippen LogP contribution in [0.15, 0.2) is 18.7 Å². The van der Waals surface area contributed by atoms with E-state index in [0.29, 0.717) is 0 Å². The van der Waals surface area contributed by atoms with Gasteiger partial charge < -0.3 is 9.84 Å². The third kappa shape index (κ3) is 3.24. The summed E-state index contributed by atoms with van der Waals surface area (Å²) in [4.78, 5) is 21.9. The second-order valence-electron chi connectivity index (χ2n) is 3.23. The number of carbonyl (C=O) groups excluding carboxylic acids is 1. The van der Waals surface area contributed by atoms with Gasteiger partial charge in [-0.05, 0) is 6.07 Å². The molecule has 0 atom stereocenters. The fourth-order valence-corrected chi connectivity index (χ4v) is 1.16. The Kier molecular flexibility index (Phi) is 4.51. The zero-order valence-electron chi connectivity index (χ0n) is 9.37. The van der Waals surface area contributed by atoms with E-state index in [1.54, 1.807) is 5.32 Å². The standard InChI is InChI=1S/C11H8F3NO4/c1-2-3-19-11(18)15-9-5(10(16)17)4-6(12)7(13)8(9)14/h2,4H,1,3H2,(H,15,18)(H,16,17). The number of amides is 1. The van der Waals surface area contributed by atoms with E-state index in [9.17, 15) is 22.8 Å². The monoisotopic (exact) mass is 275 g/mol. The summed E-state index contributed by atoms with van der Waals surface area (Å²) in [6.45, 7) is 3.02. The number of ether oxygens (including phenoxy) is 1. The molecule has 0 aromatic heterocycles. The topological polar surface area (TPSA) is 75.6 Å². The van der Waals surface area contributed by atoms with Crippen molar-refractivity contribution in [3.05, 3.63) is 41.7 Å². The quantitative estimate of drug-likeness (QED) is 0.654. The van der Waals surface area contributed by atoms with E-state index in [2.05, 4.69) is 11.3 Å². The van der Waals surface area contributed by atoms with Gasteiger partial charge in [0.05, 0.1) is 11.3 Å². The van der Waals surface area contributed by atoms with Crippen LogP contribution < -0.4 is 5.32 Å². The smallest absolute Gasteiger partial charge is 0.412 e. The molecule has 0 aliphatic heterocycles. The summed E-state index contributed by atoms with van der Waals surface area (Å²) in [5.74, 6) is -7.14. The lowest BCUT2D eigenvalue weighted by atomic mass is 10.1. The summed E-state index contributed by atoms with van der Waals surface area (Å²) in [6.07, 6.45) is -0.0217. The van der Waals surface area contributed by atoms with Gasteiger partial charge in [-0.3, -0.25) is 5.32 Å². The highest BCUT2D eigenvalue weighted by Crippen LogP contribution is 2.25. The molecule has 0 aliphatic rings. The van der Waals surface area contributed by atoms with Crippen LogP contribution >= 0.6 is 0 Å². The van der Waals surface area contributed by atoms with Crippen LogP contribution in [-0.2, 0) is 4.74 Å². The third-order valence-corrected chi connectivity index (χ3v) is 1.95. The number of hydrogen-bond acceptors (Lipinski definition) is 3. The van der Waals surface area contributed by atoms with Gasteiger partial charge in [-0.1, -0.05) is 12.7 Å². The molecular formula is C11H8F3NO4. The van der Waals surface area contributed by atoms with Crippen LogP contribution in [0, 0.1) is 17.5 Å². The van der Waals surface area contributed by atoms with Crippen LogP contribution in [0.25, 0.3) is 0 Å². The van der Waals surface area contributed by atoms with Gasteiger partial charge >= 0.3 is 12.1 Å². The van der Waals surface area contributed by atoms with Crippen molar-refractivity contribution >= 4 is 17.7 Å². The van der Waals surface area contributed by atoms with Crippen LogP contribution in [0.5, 0.6) is 0 Å². The van der Waals surface area contributed by atoms with Crippen molar-refractivity contribution in [2.45, 2.75) is 0 Å². The van der Waals surface area contributed by atoms with Gasteiger partial charge in [-0.25, -0.2) is 22.8 Å². The first-order valence-corrected chi connectivity index (χ1v) is 4.84. The van der Waals surface area contributed by atoms with Crippen molar-refractivity contribution in [3.8, 4) is 0 Å². The Morgan fingerprint density at radius 3 is 2.53 bits per heavy atom. The lowest BCUT2D eigenvalue weighted by Gasteiger charge is -2.10. The number of carboxylic acids is 1. The fraction of sp³-hybridized carbons (Fsp3) is 0.0909. The van der Waals surface area contributed by atoms with E-state index in [0.717, 1.165) is 0 Å². The van der Waals surface area contributed by atoms with Gasteiger partial charge in [0.15, 0.2) is 17.5 Å². The van der Waals surface area contributed by atoms with E-state index < -0.39 is 40.8 Å². The number of rotatable bonds is 4. The van der Waals surface area contributed by atoms with Crippen LogP contribution in [0.4, 0.5) is 23.7 Å². The second kappa shape index (κ2) is 5.89. The number of carboxylic acid groups (broad SMARTS) is 1. The molecule has 1 aromatic rings. The molecule has 0 bridgehead atoms. The van der Waals surface area contributed by atoms with Crippen molar-refractivity contribution in [1.29, 1.82) is 0 Å². The Morgan fingerprint density at radius 1 is 1.37 bits per heavy atom. The predicted molar refractivity (Wildman–Crippen MR) is 58.4 cm³/mol. The van der Waals surface area contributed by atoms with E-state index >= 15 is 0 Å². The first-order valence-electron chi connectivity index (χ1n) is 4.84. The molecule has 1 amide bonds. The van der Waals surface area contributed by atoms with Crippen molar-refractivity contribution in [3.63, 3.8) is 0 Å².